The minimum Gasteiger partial charge on any atom is -0.316 e. The first-order valence-electron chi connectivity index (χ1n) is 3.84. The van der Waals surface area contributed by atoms with Gasteiger partial charge in [-0.25, -0.2) is 0 Å². The van der Waals surface area contributed by atoms with Gasteiger partial charge >= 0.3 is 0 Å². The maximum atomic E-state index is 11.1. The molecule has 0 spiro atoms. The second-order valence-corrected chi connectivity index (χ2v) is 3.06. The van der Waals surface area contributed by atoms with Crippen LogP contribution in [0, 0.1) is 11.8 Å². The van der Waals surface area contributed by atoms with Crippen LogP contribution in [0.5, 0.6) is 0 Å². The highest BCUT2D eigenvalue weighted by molar-refractivity contribution is 6.05. The Bertz CT molecular complexity index is 192. The van der Waals surface area contributed by atoms with Crippen molar-refractivity contribution in [3.63, 3.8) is 0 Å². The van der Waals surface area contributed by atoms with Gasteiger partial charge in [0.15, 0.2) is 0 Å². The smallest absolute Gasteiger partial charge is 0.231 e. The lowest BCUT2D eigenvalue weighted by Gasteiger charge is -2.21. The molecule has 2 amide bonds. The van der Waals surface area contributed by atoms with E-state index in [1.165, 1.54) is 0 Å². The molecule has 2 fully saturated rings. The van der Waals surface area contributed by atoms with E-state index in [1.807, 2.05) is 0 Å². The van der Waals surface area contributed by atoms with Crippen LogP contribution in [0.15, 0.2) is 0 Å². The van der Waals surface area contributed by atoms with Crippen molar-refractivity contribution in [2.24, 2.45) is 11.8 Å². The summed E-state index contributed by atoms with van der Waals surface area (Å²) < 4.78 is 0. The number of nitrogens with one attached hydrogen (secondary N) is 2. The number of hydrogen-bond donors (Lipinski definition) is 2. The monoisotopic (exact) mass is 154 g/mol. The van der Waals surface area contributed by atoms with E-state index < -0.39 is 0 Å². The summed E-state index contributed by atoms with van der Waals surface area (Å²) in [5.41, 5.74) is 0. The van der Waals surface area contributed by atoms with Crippen LogP contribution in [-0.2, 0) is 9.59 Å². The van der Waals surface area contributed by atoms with E-state index in [-0.39, 0.29) is 23.7 Å². The summed E-state index contributed by atoms with van der Waals surface area (Å²) in [5, 5.41) is 5.44. The fraction of sp³-hybridized carbons (Fsp3) is 0.714. The topological polar surface area (TPSA) is 58.2 Å². The van der Waals surface area contributed by atoms with Gasteiger partial charge < -0.3 is 5.32 Å². The molecule has 0 aromatic carbocycles. The van der Waals surface area contributed by atoms with Crippen LogP contribution in [0.3, 0.4) is 0 Å². The van der Waals surface area contributed by atoms with Gasteiger partial charge in [0.1, 0.15) is 0 Å². The third-order valence-corrected chi connectivity index (χ3v) is 2.40. The number of imide groups is 1. The predicted octanol–water partition coefficient (Wildman–Crippen LogP) is -1.13. The molecule has 2 N–H and O–H groups in total. The van der Waals surface area contributed by atoms with Gasteiger partial charge in [-0.15, -0.1) is 0 Å². The van der Waals surface area contributed by atoms with Crippen LogP contribution in [0.25, 0.3) is 0 Å². The number of carbonyl (C=O) groups excluding carboxylic acids is 2. The van der Waals surface area contributed by atoms with Crippen LogP contribution in [-0.4, -0.2) is 24.9 Å². The van der Waals surface area contributed by atoms with E-state index >= 15 is 0 Å². The number of rotatable bonds is 0. The molecule has 2 heterocycles. The van der Waals surface area contributed by atoms with Crippen molar-refractivity contribution in [3.8, 4) is 0 Å². The molecular weight excluding hydrogens is 144 g/mol. The SMILES string of the molecule is O=C1NC(=O)[C@@H]2CNCC[C@@H]12. The Morgan fingerprint density at radius 1 is 1.18 bits per heavy atom. The molecule has 2 rings (SSSR count). The summed E-state index contributed by atoms with van der Waals surface area (Å²) in [5.74, 6) is -0.339. The first-order valence-corrected chi connectivity index (χ1v) is 3.84. The third kappa shape index (κ3) is 0.939. The number of fused-ring (bicyclic) bond motifs is 1. The second kappa shape index (κ2) is 2.30. The van der Waals surface area contributed by atoms with Crippen molar-refractivity contribution in [2.45, 2.75) is 6.42 Å². The van der Waals surface area contributed by atoms with Crippen LogP contribution >= 0.6 is 0 Å². The van der Waals surface area contributed by atoms with Crippen molar-refractivity contribution in [3.05, 3.63) is 0 Å². The van der Waals surface area contributed by atoms with E-state index in [4.69, 9.17) is 0 Å². The summed E-state index contributed by atoms with van der Waals surface area (Å²) in [6.45, 7) is 1.50. The van der Waals surface area contributed by atoms with Crippen LogP contribution in [0.4, 0.5) is 0 Å². The zero-order valence-corrected chi connectivity index (χ0v) is 6.09. The molecule has 0 radical (unpaired) electrons. The lowest BCUT2D eigenvalue weighted by Crippen LogP contribution is -2.38. The highest BCUT2D eigenvalue weighted by Crippen LogP contribution is 2.24. The Hall–Kier alpha value is -0.900. The Kier molecular flexibility index (Phi) is 1.42. The van der Waals surface area contributed by atoms with Crippen LogP contribution in [0.1, 0.15) is 6.42 Å². The van der Waals surface area contributed by atoms with E-state index in [9.17, 15) is 9.59 Å². The van der Waals surface area contributed by atoms with Gasteiger partial charge in [-0.3, -0.25) is 14.9 Å². The molecule has 0 bridgehead atoms. The standard InChI is InChI=1S/C7H10N2O2/c10-6-4-1-2-8-3-5(4)7(11)9-6/h4-5,8H,1-3H2,(H,9,10,11)/t4-,5-/m1/s1. The van der Waals surface area contributed by atoms with Gasteiger partial charge in [0.2, 0.25) is 11.8 Å². The second-order valence-electron chi connectivity index (χ2n) is 3.06. The fourth-order valence-electron chi connectivity index (χ4n) is 1.75. The van der Waals surface area contributed by atoms with E-state index in [2.05, 4.69) is 10.6 Å². The highest BCUT2D eigenvalue weighted by Gasteiger charge is 2.42. The maximum absolute atomic E-state index is 11.1. The molecule has 0 unspecified atom stereocenters. The van der Waals surface area contributed by atoms with E-state index in [1.54, 1.807) is 0 Å². The third-order valence-electron chi connectivity index (χ3n) is 2.40. The highest BCUT2D eigenvalue weighted by atomic mass is 16.2. The fourth-order valence-corrected chi connectivity index (χ4v) is 1.75. The number of carbonyl (C=O) groups is 2. The quantitative estimate of drug-likeness (QED) is 0.434. The molecule has 2 saturated heterocycles. The van der Waals surface area contributed by atoms with Crippen molar-refractivity contribution in [1.29, 1.82) is 0 Å². The van der Waals surface area contributed by atoms with Gasteiger partial charge in [0.25, 0.3) is 0 Å². The molecule has 0 aromatic rings. The Labute approximate surface area is 64.3 Å². The number of piperidine rings is 1. The van der Waals surface area contributed by atoms with Gasteiger partial charge in [-0.1, -0.05) is 0 Å². The molecule has 2 aliphatic rings. The van der Waals surface area contributed by atoms with Crippen molar-refractivity contribution in [1.82, 2.24) is 10.6 Å². The van der Waals surface area contributed by atoms with E-state index in [0.29, 0.717) is 6.54 Å². The summed E-state index contributed by atoms with van der Waals surface area (Å²) >= 11 is 0. The minimum absolute atomic E-state index is 0.0521. The number of amides is 2. The molecular formula is C7H10N2O2. The molecule has 11 heavy (non-hydrogen) atoms. The summed E-state index contributed by atoms with van der Waals surface area (Å²) in [7, 11) is 0. The average molecular weight is 154 g/mol. The largest absolute Gasteiger partial charge is 0.316 e. The molecule has 0 saturated carbocycles. The Balaban J connectivity index is 2.19. The van der Waals surface area contributed by atoms with Crippen LogP contribution < -0.4 is 10.6 Å². The molecule has 2 aliphatic heterocycles. The zero-order valence-electron chi connectivity index (χ0n) is 6.09. The summed E-state index contributed by atoms with van der Waals surface area (Å²) in [4.78, 5) is 22.1. The van der Waals surface area contributed by atoms with Gasteiger partial charge in [0, 0.05) is 6.54 Å². The summed E-state index contributed by atoms with van der Waals surface area (Å²) in [6, 6.07) is 0. The molecule has 60 valence electrons. The average Bonchev–Trinajstić information content (AvgIpc) is 2.30. The van der Waals surface area contributed by atoms with Gasteiger partial charge in [-0.05, 0) is 13.0 Å². The summed E-state index contributed by atoms with van der Waals surface area (Å²) in [6.07, 6.45) is 0.794. The van der Waals surface area contributed by atoms with Gasteiger partial charge in [0.05, 0.1) is 11.8 Å². The first-order chi connectivity index (χ1) is 5.29. The minimum atomic E-state index is -0.104. The van der Waals surface area contributed by atoms with Crippen molar-refractivity contribution >= 4 is 11.8 Å². The van der Waals surface area contributed by atoms with Crippen LogP contribution in [0.2, 0.25) is 0 Å². The lowest BCUT2D eigenvalue weighted by atomic mass is 9.89. The number of hydrogen-bond acceptors (Lipinski definition) is 3. The van der Waals surface area contributed by atoms with E-state index in [0.717, 1.165) is 13.0 Å². The Morgan fingerprint density at radius 3 is 2.64 bits per heavy atom. The zero-order chi connectivity index (χ0) is 7.84. The predicted molar refractivity (Wildman–Crippen MR) is 37.6 cm³/mol. The maximum Gasteiger partial charge on any atom is 0.231 e. The lowest BCUT2D eigenvalue weighted by molar-refractivity contribution is -0.126. The molecule has 0 aliphatic carbocycles. The normalized spacial score (nSPS) is 36.7. The molecule has 4 nitrogen and oxygen atoms in total. The van der Waals surface area contributed by atoms with Gasteiger partial charge in [-0.2, -0.15) is 0 Å². The molecule has 0 aromatic heterocycles. The van der Waals surface area contributed by atoms with Crippen molar-refractivity contribution < 1.29 is 9.59 Å². The molecule has 2 atom stereocenters. The van der Waals surface area contributed by atoms with Crippen molar-refractivity contribution in [2.75, 3.05) is 13.1 Å². The first kappa shape index (κ1) is 6.79. The molecule has 4 heteroatoms. The Morgan fingerprint density at radius 2 is 1.91 bits per heavy atom.